The fraction of sp³-hybridized carbons (Fsp3) is 0.421. The predicted molar refractivity (Wildman–Crippen MR) is 97.6 cm³/mol. The second-order valence-electron chi connectivity index (χ2n) is 7.02. The Morgan fingerprint density at radius 3 is 2.68 bits per heavy atom. The molecule has 1 aromatic heterocycles. The van der Waals surface area contributed by atoms with Gasteiger partial charge in [0.15, 0.2) is 0 Å². The van der Waals surface area contributed by atoms with E-state index in [2.05, 4.69) is 10.3 Å². The summed E-state index contributed by atoms with van der Waals surface area (Å²) in [6.45, 7) is 4.72. The van der Waals surface area contributed by atoms with Crippen LogP contribution in [-0.2, 0) is 4.79 Å². The van der Waals surface area contributed by atoms with Crippen LogP contribution in [0.1, 0.15) is 31.1 Å². The number of rotatable bonds is 6. The number of halogens is 2. The van der Waals surface area contributed by atoms with Gasteiger partial charge in [-0.1, -0.05) is 6.92 Å². The molecule has 1 saturated heterocycles. The van der Waals surface area contributed by atoms with Crippen molar-refractivity contribution in [1.29, 1.82) is 0 Å². The highest BCUT2D eigenvalue weighted by Crippen LogP contribution is 2.34. The first kappa shape index (κ1) is 19.8. The van der Waals surface area contributed by atoms with E-state index in [1.54, 1.807) is 32.0 Å². The smallest absolute Gasteiger partial charge is 0.329 e. The summed E-state index contributed by atoms with van der Waals surface area (Å²) in [7, 11) is 0. The summed E-state index contributed by atoms with van der Waals surface area (Å²) in [6.07, 6.45) is 1.27. The van der Waals surface area contributed by atoms with Gasteiger partial charge >= 0.3 is 5.92 Å². The van der Waals surface area contributed by atoms with Crippen LogP contribution in [0.25, 0.3) is 10.8 Å². The lowest BCUT2D eigenvalue weighted by Crippen LogP contribution is -2.34. The molecule has 0 radical (unpaired) electrons. The number of carbonyl (C=O) groups excluding carboxylic acids is 2. The van der Waals surface area contributed by atoms with E-state index in [1.165, 1.54) is 13.1 Å². The number of nitrogens with one attached hydrogen (secondary N) is 1. The molecule has 1 fully saturated rings. The van der Waals surface area contributed by atoms with Crippen molar-refractivity contribution in [2.75, 3.05) is 6.61 Å². The second kappa shape index (κ2) is 7.21. The molecular formula is C19H21F2N3O4. The van der Waals surface area contributed by atoms with Crippen LogP contribution in [0.3, 0.4) is 0 Å². The molecule has 0 saturated carbocycles. The summed E-state index contributed by atoms with van der Waals surface area (Å²) >= 11 is 0. The van der Waals surface area contributed by atoms with Crippen LogP contribution < -0.4 is 20.5 Å². The van der Waals surface area contributed by atoms with Crippen LogP contribution in [0.2, 0.25) is 0 Å². The van der Waals surface area contributed by atoms with Gasteiger partial charge < -0.3 is 20.5 Å². The molecule has 1 aliphatic heterocycles. The van der Waals surface area contributed by atoms with Crippen LogP contribution >= 0.6 is 0 Å². The number of hydrogen-bond donors (Lipinski definition) is 2. The Balaban J connectivity index is 1.91. The topological polar surface area (TPSA) is 104 Å². The fourth-order valence-corrected chi connectivity index (χ4v) is 3.04. The minimum Gasteiger partial charge on any atom is -0.490 e. The van der Waals surface area contributed by atoms with Gasteiger partial charge in [-0.25, -0.2) is 4.98 Å². The number of nitrogens with zero attached hydrogens (tertiary/aromatic N) is 1. The fourth-order valence-electron chi connectivity index (χ4n) is 3.04. The lowest BCUT2D eigenvalue weighted by atomic mass is 10.0. The first-order chi connectivity index (χ1) is 13.1. The Morgan fingerprint density at radius 2 is 2.11 bits per heavy atom. The third-order valence-electron chi connectivity index (χ3n) is 4.65. The number of nitrogens with two attached hydrogens (primary N) is 1. The molecule has 2 aromatic rings. The monoisotopic (exact) mass is 393 g/mol. The van der Waals surface area contributed by atoms with Crippen LogP contribution in [0.4, 0.5) is 8.78 Å². The third-order valence-corrected chi connectivity index (χ3v) is 4.65. The van der Waals surface area contributed by atoms with Crippen LogP contribution in [0, 0.1) is 5.92 Å². The summed E-state index contributed by atoms with van der Waals surface area (Å²) in [6, 6.07) is 3.97. The van der Waals surface area contributed by atoms with Gasteiger partial charge in [-0.05, 0) is 37.4 Å². The van der Waals surface area contributed by atoms with Crippen molar-refractivity contribution >= 4 is 22.6 Å². The highest BCUT2D eigenvalue weighted by Gasteiger charge is 2.55. The Hall–Kier alpha value is -2.97. The summed E-state index contributed by atoms with van der Waals surface area (Å²) in [4.78, 5) is 27.3. The van der Waals surface area contributed by atoms with Crippen LogP contribution in [0.15, 0.2) is 24.4 Å². The molecule has 1 aromatic carbocycles. The van der Waals surface area contributed by atoms with Gasteiger partial charge in [0.25, 0.3) is 11.8 Å². The molecule has 7 nitrogen and oxygen atoms in total. The van der Waals surface area contributed by atoms with E-state index in [4.69, 9.17) is 15.2 Å². The van der Waals surface area contributed by atoms with Gasteiger partial charge in [-0.15, -0.1) is 0 Å². The average molecular weight is 393 g/mol. The minimum atomic E-state index is -3.44. The van der Waals surface area contributed by atoms with Crippen molar-refractivity contribution < 1.29 is 27.8 Å². The van der Waals surface area contributed by atoms with Gasteiger partial charge in [0.05, 0.1) is 23.6 Å². The van der Waals surface area contributed by atoms with E-state index in [9.17, 15) is 18.4 Å². The van der Waals surface area contributed by atoms with E-state index in [1.807, 2.05) is 0 Å². The van der Waals surface area contributed by atoms with E-state index in [0.717, 1.165) is 0 Å². The SMILES string of the molecule is CC(C)Oc1cc2c(OC[C@H]3NC(=O)C(F)(F)[C@H]3C)nccc2cc1C(N)=O. The number of pyridine rings is 1. The standard InChI is InChI=1S/C19H21F2N3O4/c1-9(2)28-15-7-12-11(6-13(15)16(22)25)4-5-23-17(12)27-8-14-10(3)19(20,21)18(26)24-14/h4-7,9-10,14H,8H2,1-3H3,(H2,22,25)(H,24,26)/t10-,14+/m0/s1. The van der Waals surface area contributed by atoms with Crippen molar-refractivity contribution in [3.8, 4) is 11.6 Å². The van der Waals surface area contributed by atoms with Crippen molar-refractivity contribution in [2.24, 2.45) is 11.7 Å². The lowest BCUT2D eigenvalue weighted by molar-refractivity contribution is -0.143. The van der Waals surface area contributed by atoms with Crippen molar-refractivity contribution in [2.45, 2.75) is 38.8 Å². The molecule has 0 bridgehead atoms. The van der Waals surface area contributed by atoms with E-state index in [0.29, 0.717) is 10.8 Å². The molecule has 28 heavy (non-hydrogen) atoms. The second-order valence-corrected chi connectivity index (χ2v) is 7.02. The maximum Gasteiger partial charge on any atom is 0.329 e. The van der Waals surface area contributed by atoms with Gasteiger partial charge in [0.1, 0.15) is 12.4 Å². The number of primary amides is 1. The number of fused-ring (bicyclic) bond motifs is 1. The highest BCUT2D eigenvalue weighted by molar-refractivity contribution is 6.01. The largest absolute Gasteiger partial charge is 0.490 e. The maximum atomic E-state index is 13.7. The van der Waals surface area contributed by atoms with Crippen LogP contribution in [-0.4, -0.2) is 41.5 Å². The molecule has 9 heteroatoms. The summed E-state index contributed by atoms with van der Waals surface area (Å²) in [5.41, 5.74) is 5.65. The summed E-state index contributed by atoms with van der Waals surface area (Å²) in [5, 5.41) is 3.41. The number of amides is 2. The number of benzene rings is 1. The molecule has 1 aliphatic rings. The first-order valence-corrected chi connectivity index (χ1v) is 8.82. The molecule has 150 valence electrons. The Morgan fingerprint density at radius 1 is 1.39 bits per heavy atom. The molecule has 3 N–H and O–H groups in total. The molecule has 0 spiro atoms. The number of hydrogen-bond acceptors (Lipinski definition) is 5. The lowest BCUT2D eigenvalue weighted by Gasteiger charge is -2.19. The molecule has 3 rings (SSSR count). The van der Waals surface area contributed by atoms with E-state index < -0.39 is 29.7 Å². The Bertz CT molecular complexity index is 933. The number of carbonyl (C=O) groups is 2. The zero-order valence-electron chi connectivity index (χ0n) is 15.7. The number of ether oxygens (including phenoxy) is 2. The summed E-state index contributed by atoms with van der Waals surface area (Å²) in [5.74, 6) is -6.13. The molecular weight excluding hydrogens is 372 g/mol. The number of aromatic nitrogens is 1. The van der Waals surface area contributed by atoms with Crippen molar-refractivity contribution in [3.63, 3.8) is 0 Å². The predicted octanol–water partition coefficient (Wildman–Crippen LogP) is 2.27. The van der Waals surface area contributed by atoms with Gasteiger partial charge in [0, 0.05) is 11.6 Å². The Kier molecular flexibility index (Phi) is 5.10. The van der Waals surface area contributed by atoms with Gasteiger partial charge in [0.2, 0.25) is 5.88 Å². The molecule has 0 unspecified atom stereocenters. The zero-order chi connectivity index (χ0) is 20.6. The normalized spacial score (nSPS) is 21.0. The quantitative estimate of drug-likeness (QED) is 0.784. The highest BCUT2D eigenvalue weighted by atomic mass is 19.3. The van der Waals surface area contributed by atoms with E-state index >= 15 is 0 Å². The van der Waals surface area contributed by atoms with Gasteiger partial charge in [-0.3, -0.25) is 9.59 Å². The average Bonchev–Trinajstić information content (AvgIpc) is 2.81. The number of alkyl halides is 2. The zero-order valence-corrected chi connectivity index (χ0v) is 15.7. The third kappa shape index (κ3) is 3.56. The van der Waals surface area contributed by atoms with Crippen molar-refractivity contribution in [3.05, 3.63) is 30.0 Å². The molecule has 2 atom stereocenters. The van der Waals surface area contributed by atoms with Gasteiger partial charge in [-0.2, -0.15) is 8.78 Å². The minimum absolute atomic E-state index is 0.174. The maximum absolute atomic E-state index is 13.7. The summed E-state index contributed by atoms with van der Waals surface area (Å²) < 4.78 is 38.7. The first-order valence-electron chi connectivity index (χ1n) is 8.82. The molecule has 2 heterocycles. The Labute approximate surface area is 160 Å². The molecule has 0 aliphatic carbocycles. The molecule has 2 amide bonds. The van der Waals surface area contributed by atoms with E-state index in [-0.39, 0.29) is 29.9 Å². The van der Waals surface area contributed by atoms with Crippen LogP contribution in [0.5, 0.6) is 11.6 Å². The van der Waals surface area contributed by atoms with Crippen molar-refractivity contribution in [1.82, 2.24) is 10.3 Å².